The first kappa shape index (κ1) is 97.5. The van der Waals surface area contributed by atoms with Gasteiger partial charge in [-0.15, -0.1) is 0 Å². The Balaban J connectivity index is -0.000000309. The van der Waals surface area contributed by atoms with Crippen LogP contribution in [0.5, 0.6) is 0 Å². The van der Waals surface area contributed by atoms with Gasteiger partial charge < -0.3 is 172 Å². The zero-order chi connectivity index (χ0) is 57.4. The van der Waals surface area contributed by atoms with Crippen LogP contribution in [0.4, 0.5) is 0 Å². The van der Waals surface area contributed by atoms with Gasteiger partial charge in [0, 0.05) is 0 Å². The van der Waals surface area contributed by atoms with E-state index in [1.807, 2.05) is 0 Å². The molecule has 0 aromatic heterocycles. The van der Waals surface area contributed by atoms with Crippen LogP contribution >= 0.6 is 93.9 Å². The molecule has 2 fully saturated rings. The molecule has 2 saturated carbocycles. The van der Waals surface area contributed by atoms with Crippen LogP contribution in [-0.2, 0) is 109 Å². The molecule has 12 unspecified atom stereocenters. The van der Waals surface area contributed by atoms with E-state index in [0.29, 0.717) is 0 Å². The molecule has 2 aliphatic rings. The smallest absolute Gasteiger partial charge is 0.756 e. The quantitative estimate of drug-likeness (QED) is 0.0315. The van der Waals surface area contributed by atoms with E-state index in [-0.39, 0.29) is 212 Å². The minimum Gasteiger partial charge on any atom is -0.756 e. The van der Waals surface area contributed by atoms with Crippen molar-refractivity contribution < 1.29 is 227 Å². The Morgan fingerprint density at radius 1 is 0.179 bits per heavy atom. The van der Waals surface area contributed by atoms with Crippen molar-refractivity contribution in [1.82, 2.24) is 0 Å². The Hall–Kier alpha value is 8.38. The first-order valence-corrected chi connectivity index (χ1v) is 33.7. The third-order valence-electron chi connectivity index (χ3n) is 6.94. The van der Waals surface area contributed by atoms with Crippen LogP contribution in [-0.4, -0.2) is 344 Å². The third-order valence-corrected chi connectivity index (χ3v) is 13.1. The van der Waals surface area contributed by atoms with E-state index < -0.39 is 167 Å². The molecule has 432 valence electrons. The van der Waals surface area contributed by atoms with Gasteiger partial charge in [-0.3, -0.25) is 54.8 Å². The zero-order valence-corrected chi connectivity index (χ0v) is 59.8. The Morgan fingerprint density at radius 2 is 0.218 bits per heavy atom. The molecule has 0 saturated heterocycles. The second-order valence-electron chi connectivity index (χ2n) is 12.5. The van der Waals surface area contributed by atoms with E-state index in [0.717, 1.165) is 0 Å². The van der Waals surface area contributed by atoms with Gasteiger partial charge >= 0.3 is 212 Å². The first-order chi connectivity index (χ1) is 31.1. The molecule has 12 N–H and O–H groups in total. The number of phosphoric acid groups is 12. The largest absolute Gasteiger partial charge is 2.00 e. The zero-order valence-electron chi connectivity index (χ0n) is 36.6. The molecule has 2 aliphatic carbocycles. The topological polar surface area (TPSA) is 835 Å². The van der Waals surface area contributed by atoms with Gasteiger partial charge in [0.05, 0.1) is 0 Å². The molecule has 0 bridgehead atoms. The molecule has 2 rings (SSSR count). The molecule has 0 heterocycles. The second kappa shape index (κ2) is 36.9. The van der Waals surface area contributed by atoms with Gasteiger partial charge in [0.15, 0.2) is 0 Å². The van der Waals surface area contributed by atoms with Crippen molar-refractivity contribution in [2.75, 3.05) is 0 Å². The summed E-state index contributed by atoms with van der Waals surface area (Å²) in [6.07, 6.45) is -40.3. The Bertz CT molecular complexity index is 1840. The predicted molar refractivity (Wildman–Crippen MR) is 211 cm³/mol. The van der Waals surface area contributed by atoms with Crippen molar-refractivity contribution in [3.8, 4) is 0 Å². The van der Waals surface area contributed by atoms with Gasteiger partial charge in [0.1, 0.15) is 73.2 Å². The molecule has 0 aromatic carbocycles. The number of hydrogen-bond acceptors (Lipinski definition) is 36. The van der Waals surface area contributed by atoms with Crippen molar-refractivity contribution in [1.29, 1.82) is 0 Å². The molecule has 0 aliphatic heterocycles. The number of rotatable bonds is 24. The summed E-state index contributed by atoms with van der Waals surface area (Å²) in [5, 5.41) is 0. The maximum atomic E-state index is 11.3. The van der Waals surface area contributed by atoms with E-state index in [4.69, 9.17) is 58.7 Å². The molecule has 0 aromatic rings. The molecule has 0 radical (unpaired) electrons. The average Bonchev–Trinajstić information content (AvgIpc) is 3.01. The summed E-state index contributed by atoms with van der Waals surface area (Å²) in [5.74, 6) is 0. The van der Waals surface area contributed by atoms with Crippen molar-refractivity contribution >= 4 is 306 Å². The number of phosphoric ester groups is 12. The monoisotopic (exact) mass is 1530 g/mol. The maximum Gasteiger partial charge on any atom is 2.00 e. The van der Waals surface area contributed by atoms with Crippen molar-refractivity contribution in [3.05, 3.63) is 0 Å². The molecular weight excluding hydrogens is 1510 g/mol. The van der Waals surface area contributed by atoms with Gasteiger partial charge in [0.25, 0.3) is 93.9 Å². The summed E-state index contributed by atoms with van der Waals surface area (Å²) >= 11 is 0. The second-order valence-corrected chi connectivity index (χ2v) is 26.2. The fourth-order valence-corrected chi connectivity index (χ4v) is 12.1. The van der Waals surface area contributed by atoms with Crippen molar-refractivity contribution in [2.24, 2.45) is 0 Å². The SMILES string of the molecule is O=P([O-])(O)OC1C(OP(=O)([O-])O)C(OP(=O)([O-])O)C(OP(=O)([O-])O)C(OP(=O)([O-])O)C1OP(=O)([O-])O.O=P([O-])(O)OC1C(OP(=O)([O-])O)C(OP(=O)([O-])O)C(OP(=O)([O-])O)C(OP(=O)([O-])O)C1OP(=O)([O-])O.[Ca+2].[Ca+2].[Ca+2].[Ca+2].[Ca+2].[Mg+2]. The van der Waals surface area contributed by atoms with Crippen LogP contribution in [0.2, 0.25) is 0 Å². The van der Waals surface area contributed by atoms with E-state index in [2.05, 4.69) is 54.3 Å². The van der Waals surface area contributed by atoms with Gasteiger partial charge in [-0.05, 0) is 0 Å². The minimum atomic E-state index is -6.35. The van der Waals surface area contributed by atoms with Gasteiger partial charge in [-0.1, -0.05) is 0 Å². The Morgan fingerprint density at radius 3 is 0.244 bits per heavy atom. The van der Waals surface area contributed by atoms with Crippen LogP contribution < -0.4 is 58.7 Å². The van der Waals surface area contributed by atoms with Crippen molar-refractivity contribution in [3.63, 3.8) is 0 Å². The van der Waals surface area contributed by atoms with Crippen molar-refractivity contribution in [2.45, 2.75) is 73.2 Å². The maximum absolute atomic E-state index is 11.3. The van der Waals surface area contributed by atoms with Crippen LogP contribution in [0, 0.1) is 0 Å². The van der Waals surface area contributed by atoms with E-state index in [1.165, 1.54) is 0 Å². The number of hydrogen-bond donors (Lipinski definition) is 12. The molecule has 66 heteroatoms. The summed E-state index contributed by atoms with van der Waals surface area (Å²) < 4.78 is 181. The first-order valence-electron chi connectivity index (χ1n) is 15.8. The Kier molecular flexibility index (Phi) is 46.1. The van der Waals surface area contributed by atoms with Crippen LogP contribution in [0.25, 0.3) is 0 Å². The van der Waals surface area contributed by atoms with Crippen LogP contribution in [0.1, 0.15) is 0 Å². The minimum absolute atomic E-state index is 0. The summed E-state index contributed by atoms with van der Waals surface area (Å²) in [6, 6.07) is 0. The standard InChI is InChI=1S/2C6H18O24P6.5Ca.Mg/c2*7-31(8,9)25-1-2(26-32(10,11)12)4(28-34(16,17)18)6(30-36(22,23)24)5(29-35(19,20)21)3(1)27-33(13,14)15;;;;;;/h2*1-6H,(H2,7,8,9)(H2,10,11,12)(H2,13,14,15)(H2,16,17,18)(H2,19,20,21)(H2,22,23,24);;;;;;/q;;6*+2/p-12. The molecule has 48 nitrogen and oxygen atoms in total. The summed E-state index contributed by atoms with van der Waals surface area (Å²) in [5.41, 5.74) is 0. The van der Waals surface area contributed by atoms with Gasteiger partial charge in [-0.2, -0.15) is 0 Å². The Labute approximate surface area is 596 Å². The molecule has 12 atom stereocenters. The molecular formula is C12H24Ca5MgO48P12. The summed E-state index contributed by atoms with van der Waals surface area (Å²) in [4.78, 5) is 243. The van der Waals surface area contributed by atoms with E-state index in [1.54, 1.807) is 0 Å². The summed E-state index contributed by atoms with van der Waals surface area (Å²) in [6.45, 7) is 0. The molecule has 0 amide bonds. The van der Waals surface area contributed by atoms with Crippen LogP contribution in [0.3, 0.4) is 0 Å². The fourth-order valence-electron chi connectivity index (χ4n) is 5.53. The third kappa shape index (κ3) is 43.3. The van der Waals surface area contributed by atoms with E-state index in [9.17, 15) is 114 Å². The normalized spacial score (nSPS) is 34.5. The summed E-state index contributed by atoms with van der Waals surface area (Å²) in [7, 11) is -76.2. The molecule has 0 spiro atoms. The predicted octanol–water partition coefficient (Wildman–Crippen LogP) is -16.1. The molecule has 78 heavy (non-hydrogen) atoms. The van der Waals surface area contributed by atoms with Gasteiger partial charge in [0.2, 0.25) is 0 Å². The van der Waals surface area contributed by atoms with Gasteiger partial charge in [-0.25, -0.2) is 0 Å². The average molecular weight is 1530 g/mol. The van der Waals surface area contributed by atoms with Crippen LogP contribution in [0.15, 0.2) is 0 Å². The van der Waals surface area contributed by atoms with E-state index >= 15 is 0 Å². The fraction of sp³-hybridized carbons (Fsp3) is 1.00.